The van der Waals surface area contributed by atoms with Gasteiger partial charge in [0.1, 0.15) is 43.2 Å². The van der Waals surface area contributed by atoms with Crippen molar-refractivity contribution in [2.45, 2.75) is 204 Å². The Labute approximate surface area is 312 Å². The lowest BCUT2D eigenvalue weighted by molar-refractivity contribution is -0.220. The summed E-state index contributed by atoms with van der Waals surface area (Å²) in [6.07, 6.45) is 14.4. The maximum absolute atomic E-state index is 12.7. The average Bonchev–Trinajstić information content (AvgIpc) is 3.12. The van der Waals surface area contributed by atoms with Gasteiger partial charge in [-0.25, -0.2) is 4.57 Å². The number of rotatable bonds is 32. The largest absolute Gasteiger partial charge is 0.472 e. The zero-order valence-electron chi connectivity index (χ0n) is 31.9. The number of allylic oxidation sites excluding steroid dienone is 2. The number of ether oxygens (including phenoxy) is 2. The van der Waals surface area contributed by atoms with Gasteiger partial charge in [0.2, 0.25) is 0 Å². The van der Waals surface area contributed by atoms with Crippen molar-refractivity contribution in [1.82, 2.24) is 0 Å². The minimum atomic E-state index is -5.10. The van der Waals surface area contributed by atoms with E-state index >= 15 is 0 Å². The van der Waals surface area contributed by atoms with E-state index in [0.29, 0.717) is 12.8 Å². The molecule has 0 aromatic rings. The number of hydrogen-bond acceptors (Lipinski definition) is 12. The van der Waals surface area contributed by atoms with Gasteiger partial charge >= 0.3 is 19.8 Å². The summed E-state index contributed by atoms with van der Waals surface area (Å²) in [4.78, 5) is 35.4. The smallest absolute Gasteiger partial charge is 0.462 e. The molecule has 1 aliphatic rings. The minimum Gasteiger partial charge on any atom is -0.462 e. The number of unbranched alkanes of at least 4 members (excludes halogenated alkanes) is 18. The van der Waals surface area contributed by atoms with Gasteiger partial charge in [-0.15, -0.1) is 0 Å². The molecule has 52 heavy (non-hydrogen) atoms. The van der Waals surface area contributed by atoms with Crippen LogP contribution in [0.3, 0.4) is 0 Å². The molecule has 0 aromatic carbocycles. The molecule has 0 bridgehead atoms. The van der Waals surface area contributed by atoms with E-state index < -0.39 is 75.7 Å². The molecule has 14 heteroatoms. The molecule has 306 valence electrons. The summed E-state index contributed by atoms with van der Waals surface area (Å²) in [6, 6.07) is 0. The molecule has 13 nitrogen and oxygen atoms in total. The highest BCUT2D eigenvalue weighted by Gasteiger charge is 2.51. The van der Waals surface area contributed by atoms with E-state index in [2.05, 4.69) is 26.0 Å². The second kappa shape index (κ2) is 29.9. The van der Waals surface area contributed by atoms with Crippen LogP contribution in [-0.4, -0.2) is 98.3 Å². The predicted molar refractivity (Wildman–Crippen MR) is 198 cm³/mol. The normalized spacial score (nSPS) is 23.8. The fraction of sp³-hybridized carbons (Fsp3) is 0.895. The SMILES string of the molecule is CCCCCCCC/C=C\CCCCCCCC(=O)OC(COC(=O)CCCCCCCCCC)COP(=O)(O)OC1C(O)C(O)C(O)C(O)C1O. The number of aliphatic hydroxyl groups excluding tert-OH is 5. The van der Waals surface area contributed by atoms with Gasteiger partial charge in [0.15, 0.2) is 6.10 Å². The first-order valence-electron chi connectivity index (χ1n) is 20.0. The van der Waals surface area contributed by atoms with Gasteiger partial charge in [-0.3, -0.25) is 18.6 Å². The number of hydrogen-bond donors (Lipinski definition) is 6. The van der Waals surface area contributed by atoms with Crippen LogP contribution in [0.1, 0.15) is 162 Å². The molecule has 1 fully saturated rings. The zero-order chi connectivity index (χ0) is 38.6. The third-order valence-corrected chi connectivity index (χ3v) is 10.3. The standard InChI is InChI=1S/C38H71O13P/c1-3-5-7-9-11-13-14-15-16-17-18-19-21-23-25-27-32(40)50-30(28-48-31(39)26-24-22-20-12-10-8-6-4-2)29-49-52(46,47)51-38-36(44)34(42)33(41)35(43)37(38)45/h15-16,30,33-38,41-45H,3-14,17-29H2,1-2H3,(H,46,47)/b16-15-. The molecule has 0 amide bonds. The molecule has 0 spiro atoms. The Hall–Kier alpha value is -1.41. The first kappa shape index (κ1) is 48.6. The number of carbonyl (C=O) groups is 2. The maximum atomic E-state index is 12.7. The van der Waals surface area contributed by atoms with Gasteiger partial charge in [-0.05, 0) is 38.5 Å². The van der Waals surface area contributed by atoms with Crippen LogP contribution in [-0.2, 0) is 32.7 Å². The van der Waals surface area contributed by atoms with Crippen molar-refractivity contribution in [3.63, 3.8) is 0 Å². The van der Waals surface area contributed by atoms with E-state index in [1.807, 2.05) is 0 Å². The van der Waals surface area contributed by atoms with E-state index in [0.717, 1.165) is 57.8 Å². The fourth-order valence-corrected chi connectivity index (χ4v) is 7.02. The van der Waals surface area contributed by atoms with E-state index in [1.54, 1.807) is 0 Å². The van der Waals surface area contributed by atoms with E-state index in [9.17, 15) is 44.6 Å². The fourth-order valence-electron chi connectivity index (χ4n) is 6.05. The van der Waals surface area contributed by atoms with Crippen molar-refractivity contribution in [3.8, 4) is 0 Å². The Morgan fingerprint density at radius 1 is 0.577 bits per heavy atom. The van der Waals surface area contributed by atoms with Crippen LogP contribution in [0.4, 0.5) is 0 Å². The van der Waals surface area contributed by atoms with Crippen LogP contribution < -0.4 is 0 Å². The van der Waals surface area contributed by atoms with Crippen molar-refractivity contribution in [2.75, 3.05) is 13.2 Å². The van der Waals surface area contributed by atoms with Crippen LogP contribution in [0.25, 0.3) is 0 Å². The monoisotopic (exact) mass is 766 g/mol. The first-order chi connectivity index (χ1) is 24.9. The van der Waals surface area contributed by atoms with Crippen molar-refractivity contribution in [1.29, 1.82) is 0 Å². The molecule has 6 N–H and O–H groups in total. The second-order valence-corrected chi connectivity index (χ2v) is 15.5. The molecule has 1 rings (SSSR count). The Bertz CT molecular complexity index is 980. The van der Waals surface area contributed by atoms with Gasteiger partial charge in [-0.1, -0.05) is 122 Å². The van der Waals surface area contributed by atoms with E-state index in [4.69, 9.17) is 18.5 Å². The molecule has 0 aromatic heterocycles. The molecule has 0 saturated heterocycles. The summed E-state index contributed by atoms with van der Waals surface area (Å²) in [7, 11) is -5.10. The minimum absolute atomic E-state index is 0.0900. The Morgan fingerprint density at radius 3 is 1.46 bits per heavy atom. The van der Waals surface area contributed by atoms with Crippen LogP contribution in [0, 0.1) is 0 Å². The molecular formula is C38H71O13P. The van der Waals surface area contributed by atoms with Crippen molar-refractivity contribution >= 4 is 19.8 Å². The summed E-state index contributed by atoms with van der Waals surface area (Å²) in [5, 5.41) is 49.9. The van der Waals surface area contributed by atoms with Gasteiger partial charge < -0.3 is 39.9 Å². The Kier molecular flexibility index (Phi) is 27.9. The molecule has 6 unspecified atom stereocenters. The summed E-state index contributed by atoms with van der Waals surface area (Å²) in [5.74, 6) is -1.11. The summed E-state index contributed by atoms with van der Waals surface area (Å²) >= 11 is 0. The van der Waals surface area contributed by atoms with Gasteiger partial charge in [0, 0.05) is 12.8 Å². The highest BCUT2D eigenvalue weighted by atomic mass is 31.2. The number of phosphoric acid groups is 1. The molecule has 0 aliphatic heterocycles. The quantitative estimate of drug-likeness (QED) is 0.0192. The average molecular weight is 767 g/mol. The predicted octanol–water partition coefficient (Wildman–Crippen LogP) is 6.33. The Balaban J connectivity index is 2.52. The first-order valence-corrected chi connectivity index (χ1v) is 21.5. The van der Waals surface area contributed by atoms with E-state index in [1.165, 1.54) is 64.2 Å². The molecule has 0 radical (unpaired) electrons. The molecular weight excluding hydrogens is 695 g/mol. The van der Waals surface area contributed by atoms with Crippen LogP contribution in [0.2, 0.25) is 0 Å². The molecule has 0 heterocycles. The second-order valence-electron chi connectivity index (χ2n) is 14.1. The highest BCUT2D eigenvalue weighted by Crippen LogP contribution is 2.47. The highest BCUT2D eigenvalue weighted by molar-refractivity contribution is 7.47. The van der Waals surface area contributed by atoms with E-state index in [-0.39, 0.29) is 12.8 Å². The molecule has 1 aliphatic carbocycles. The molecule has 6 atom stereocenters. The number of carbonyl (C=O) groups excluding carboxylic acids is 2. The van der Waals surface area contributed by atoms with Crippen LogP contribution in [0.5, 0.6) is 0 Å². The topological polar surface area (TPSA) is 210 Å². The lowest BCUT2D eigenvalue weighted by atomic mass is 9.85. The van der Waals surface area contributed by atoms with Crippen LogP contribution >= 0.6 is 7.82 Å². The zero-order valence-corrected chi connectivity index (χ0v) is 32.8. The van der Waals surface area contributed by atoms with Crippen LogP contribution in [0.15, 0.2) is 12.2 Å². The van der Waals surface area contributed by atoms with Gasteiger partial charge in [0.25, 0.3) is 0 Å². The van der Waals surface area contributed by atoms with Crippen molar-refractivity contribution < 1.29 is 63.1 Å². The van der Waals surface area contributed by atoms with Gasteiger partial charge in [0.05, 0.1) is 6.61 Å². The maximum Gasteiger partial charge on any atom is 0.472 e. The van der Waals surface area contributed by atoms with Gasteiger partial charge in [-0.2, -0.15) is 0 Å². The third-order valence-electron chi connectivity index (χ3n) is 9.36. The summed E-state index contributed by atoms with van der Waals surface area (Å²) in [5.41, 5.74) is 0. The number of aliphatic hydroxyl groups is 5. The summed E-state index contributed by atoms with van der Waals surface area (Å²) < 4.78 is 33.3. The number of phosphoric ester groups is 1. The number of esters is 2. The third kappa shape index (κ3) is 22.7. The van der Waals surface area contributed by atoms with Crippen molar-refractivity contribution in [2.24, 2.45) is 0 Å². The lowest BCUT2D eigenvalue weighted by Gasteiger charge is -2.41. The molecule has 1 saturated carbocycles. The van der Waals surface area contributed by atoms with Crippen molar-refractivity contribution in [3.05, 3.63) is 12.2 Å². The Morgan fingerprint density at radius 2 is 0.981 bits per heavy atom. The summed E-state index contributed by atoms with van der Waals surface area (Å²) in [6.45, 7) is 3.22. The lowest BCUT2D eigenvalue weighted by Crippen LogP contribution is -2.64.